The van der Waals surface area contributed by atoms with Crippen LogP contribution in [-0.2, 0) is 0 Å². The summed E-state index contributed by atoms with van der Waals surface area (Å²) in [4.78, 5) is 16.2. The maximum absolute atomic E-state index is 10.5. The van der Waals surface area contributed by atoms with E-state index >= 15 is 0 Å². The van der Waals surface area contributed by atoms with Crippen LogP contribution in [0.4, 0.5) is 11.5 Å². The minimum absolute atomic E-state index is 0.0909. The number of rotatable bonds is 2. The molecule has 1 aliphatic rings. The highest BCUT2D eigenvalue weighted by Crippen LogP contribution is 2.26. The summed E-state index contributed by atoms with van der Waals surface area (Å²) in [5.74, 6) is 1.23. The van der Waals surface area contributed by atoms with E-state index in [1.54, 1.807) is 12.3 Å². The normalized spacial score (nSPS) is 24.7. The fraction of sp³-hybridized carbons (Fsp3) is 0.583. The van der Waals surface area contributed by atoms with E-state index < -0.39 is 4.92 Å². The maximum Gasteiger partial charge on any atom is 0.363 e. The third-order valence-electron chi connectivity index (χ3n) is 3.15. The molecule has 2 atom stereocenters. The van der Waals surface area contributed by atoms with Gasteiger partial charge in [0.1, 0.15) is 0 Å². The predicted molar refractivity (Wildman–Crippen MR) is 66.0 cm³/mol. The number of aromatic nitrogens is 1. The summed E-state index contributed by atoms with van der Waals surface area (Å²) in [7, 11) is 0. The zero-order valence-corrected chi connectivity index (χ0v) is 10.2. The molecule has 0 unspecified atom stereocenters. The molecule has 0 saturated carbocycles. The average Bonchev–Trinajstić information content (AvgIpc) is 2.28. The Kier molecular flexibility index (Phi) is 3.26. The standard InChI is InChI=1S/C12H17N3O2/c1-9-5-10(2)8-14(7-9)11-3-4-12(13-6-11)15(16)17/h3-4,6,9-10H,5,7-8H2,1-2H3/t9-,10+. The van der Waals surface area contributed by atoms with Crippen LogP contribution in [0.25, 0.3) is 0 Å². The molecule has 1 aromatic rings. The lowest BCUT2D eigenvalue weighted by atomic mass is 9.92. The summed E-state index contributed by atoms with van der Waals surface area (Å²) in [5, 5.41) is 10.5. The number of hydrogen-bond acceptors (Lipinski definition) is 4. The summed E-state index contributed by atoms with van der Waals surface area (Å²) in [6.07, 6.45) is 2.85. The third-order valence-corrected chi connectivity index (χ3v) is 3.15. The van der Waals surface area contributed by atoms with Crippen molar-refractivity contribution in [1.29, 1.82) is 0 Å². The highest BCUT2D eigenvalue weighted by atomic mass is 16.6. The summed E-state index contributed by atoms with van der Waals surface area (Å²) in [6, 6.07) is 3.26. The van der Waals surface area contributed by atoms with Crippen molar-refractivity contribution in [1.82, 2.24) is 4.98 Å². The molecule has 1 fully saturated rings. The van der Waals surface area contributed by atoms with Gasteiger partial charge in [-0.3, -0.25) is 0 Å². The molecule has 1 saturated heterocycles. The lowest BCUT2D eigenvalue weighted by Gasteiger charge is -2.35. The minimum atomic E-state index is -0.467. The second-order valence-electron chi connectivity index (χ2n) is 4.98. The number of anilines is 1. The second kappa shape index (κ2) is 4.69. The van der Waals surface area contributed by atoms with E-state index in [1.807, 2.05) is 0 Å². The summed E-state index contributed by atoms with van der Waals surface area (Å²) < 4.78 is 0. The molecule has 0 N–H and O–H groups in total. The van der Waals surface area contributed by atoms with Crippen LogP contribution in [0.3, 0.4) is 0 Å². The molecule has 5 nitrogen and oxygen atoms in total. The molecule has 0 spiro atoms. The first-order valence-electron chi connectivity index (χ1n) is 5.91. The van der Waals surface area contributed by atoms with Crippen LogP contribution in [0.5, 0.6) is 0 Å². The predicted octanol–water partition coefficient (Wildman–Crippen LogP) is 2.47. The molecular weight excluding hydrogens is 218 g/mol. The Bertz CT molecular complexity index is 395. The van der Waals surface area contributed by atoms with E-state index in [-0.39, 0.29) is 5.82 Å². The molecule has 0 radical (unpaired) electrons. The van der Waals surface area contributed by atoms with Crippen molar-refractivity contribution >= 4 is 11.5 Å². The molecule has 0 aliphatic carbocycles. The lowest BCUT2D eigenvalue weighted by Crippen LogP contribution is -2.38. The van der Waals surface area contributed by atoms with Gasteiger partial charge < -0.3 is 15.0 Å². The van der Waals surface area contributed by atoms with Crippen LogP contribution >= 0.6 is 0 Å². The quantitative estimate of drug-likeness (QED) is 0.583. The Hall–Kier alpha value is -1.65. The van der Waals surface area contributed by atoms with E-state index in [9.17, 15) is 10.1 Å². The molecule has 2 rings (SSSR count). The van der Waals surface area contributed by atoms with Gasteiger partial charge in [-0.2, -0.15) is 0 Å². The zero-order chi connectivity index (χ0) is 12.4. The number of piperidine rings is 1. The van der Waals surface area contributed by atoms with Crippen LogP contribution in [0.1, 0.15) is 20.3 Å². The van der Waals surface area contributed by atoms with Gasteiger partial charge in [0.2, 0.25) is 0 Å². The van der Waals surface area contributed by atoms with E-state index in [1.165, 1.54) is 12.5 Å². The molecule has 1 aromatic heterocycles. The minimum Gasteiger partial charge on any atom is -0.368 e. The smallest absolute Gasteiger partial charge is 0.363 e. The van der Waals surface area contributed by atoms with Crippen molar-refractivity contribution < 1.29 is 4.92 Å². The fourth-order valence-corrected chi connectivity index (χ4v) is 2.55. The van der Waals surface area contributed by atoms with E-state index in [0.717, 1.165) is 18.8 Å². The topological polar surface area (TPSA) is 59.3 Å². The van der Waals surface area contributed by atoms with Crippen LogP contribution < -0.4 is 4.90 Å². The van der Waals surface area contributed by atoms with Gasteiger partial charge in [-0.05, 0) is 34.2 Å². The first-order chi connectivity index (χ1) is 8.06. The van der Waals surface area contributed by atoms with Crippen molar-refractivity contribution in [3.63, 3.8) is 0 Å². The molecular formula is C12H17N3O2. The van der Waals surface area contributed by atoms with Gasteiger partial charge in [0.25, 0.3) is 0 Å². The second-order valence-corrected chi connectivity index (χ2v) is 4.98. The van der Waals surface area contributed by atoms with Crippen LogP contribution in [0, 0.1) is 22.0 Å². The van der Waals surface area contributed by atoms with Gasteiger partial charge in [-0.15, -0.1) is 0 Å². The molecule has 17 heavy (non-hydrogen) atoms. The van der Waals surface area contributed by atoms with Crippen LogP contribution in [0.2, 0.25) is 0 Å². The monoisotopic (exact) mass is 235 g/mol. The number of hydrogen-bond donors (Lipinski definition) is 0. The number of nitro groups is 1. The highest BCUT2D eigenvalue weighted by Gasteiger charge is 2.23. The number of pyridine rings is 1. The molecule has 0 bridgehead atoms. The van der Waals surface area contributed by atoms with Crippen molar-refractivity contribution in [3.05, 3.63) is 28.4 Å². The van der Waals surface area contributed by atoms with Crippen molar-refractivity contribution in [2.24, 2.45) is 11.8 Å². The Labute approximate surface area is 101 Å². The van der Waals surface area contributed by atoms with Gasteiger partial charge >= 0.3 is 5.82 Å². The van der Waals surface area contributed by atoms with Gasteiger partial charge in [0, 0.05) is 19.2 Å². The average molecular weight is 235 g/mol. The summed E-state index contributed by atoms with van der Waals surface area (Å²) in [5.41, 5.74) is 0.981. The molecule has 0 aromatic carbocycles. The van der Waals surface area contributed by atoms with Crippen LogP contribution in [0.15, 0.2) is 18.3 Å². The van der Waals surface area contributed by atoms with E-state index in [0.29, 0.717) is 11.8 Å². The summed E-state index contributed by atoms with van der Waals surface area (Å²) >= 11 is 0. The van der Waals surface area contributed by atoms with Gasteiger partial charge in [-0.1, -0.05) is 13.8 Å². The lowest BCUT2D eigenvalue weighted by molar-refractivity contribution is -0.389. The maximum atomic E-state index is 10.5. The first kappa shape index (κ1) is 11.8. The Morgan fingerprint density at radius 3 is 2.47 bits per heavy atom. The van der Waals surface area contributed by atoms with Crippen LogP contribution in [-0.4, -0.2) is 23.0 Å². The molecule has 1 aliphatic heterocycles. The fourth-order valence-electron chi connectivity index (χ4n) is 2.55. The van der Waals surface area contributed by atoms with E-state index in [4.69, 9.17) is 0 Å². The van der Waals surface area contributed by atoms with Gasteiger partial charge in [0.15, 0.2) is 6.20 Å². The Morgan fingerprint density at radius 1 is 1.35 bits per heavy atom. The molecule has 0 amide bonds. The van der Waals surface area contributed by atoms with Crippen molar-refractivity contribution in [3.8, 4) is 0 Å². The molecule has 92 valence electrons. The first-order valence-corrected chi connectivity index (χ1v) is 5.91. The van der Waals surface area contributed by atoms with E-state index in [2.05, 4.69) is 23.7 Å². The summed E-state index contributed by atoms with van der Waals surface area (Å²) in [6.45, 7) is 6.48. The molecule has 5 heteroatoms. The zero-order valence-electron chi connectivity index (χ0n) is 10.2. The highest BCUT2D eigenvalue weighted by molar-refractivity contribution is 5.47. The number of nitrogens with zero attached hydrogens (tertiary/aromatic N) is 3. The largest absolute Gasteiger partial charge is 0.368 e. The third kappa shape index (κ3) is 2.72. The SMILES string of the molecule is C[C@@H]1C[C@H](C)CN(c2ccc([N+](=O)[O-])nc2)C1. The molecule has 2 heterocycles. The van der Waals surface area contributed by atoms with Crippen molar-refractivity contribution in [2.75, 3.05) is 18.0 Å². The van der Waals surface area contributed by atoms with Crippen molar-refractivity contribution in [2.45, 2.75) is 20.3 Å². The Balaban J connectivity index is 2.14. The Morgan fingerprint density at radius 2 is 2.00 bits per heavy atom. The van der Waals surface area contributed by atoms with Gasteiger partial charge in [-0.25, -0.2) is 0 Å². The van der Waals surface area contributed by atoms with Gasteiger partial charge in [0.05, 0.1) is 5.69 Å².